The lowest BCUT2D eigenvalue weighted by Crippen LogP contribution is -2.12. The zero-order chi connectivity index (χ0) is 23.3. The summed E-state index contributed by atoms with van der Waals surface area (Å²) in [6.45, 7) is 2.15. The molecular formula is C26H38O5S. The Morgan fingerprint density at radius 3 is 1.66 bits per heavy atom. The molecule has 1 aliphatic rings. The summed E-state index contributed by atoms with van der Waals surface area (Å²) >= 11 is 0. The Kier molecular flexibility index (Phi) is 16.2. The molecule has 1 saturated heterocycles. The van der Waals surface area contributed by atoms with E-state index in [4.69, 9.17) is 4.18 Å². The standard InChI is InChI=1S/C26H38O5S/c1-2-3-4-5-6-7-8-9-10-11-12-13-14-15-16-17-18-19-20-21-25(27)22-23-26-24-30-32(28,29)31-26/h3-4,6-7,9-10,12-13,15-16,18-19,26H,2,5,8,11,14,17,20-24H2,1H3/b4-3-,7-6-,10-9-,13-12-,16-15-,19-18-. The fourth-order valence-electron chi connectivity index (χ4n) is 2.84. The third-order valence-electron chi connectivity index (χ3n) is 4.58. The van der Waals surface area contributed by atoms with Gasteiger partial charge in [-0.2, -0.15) is 8.42 Å². The number of carbonyl (C=O) groups excluding carboxylic acids is 1. The van der Waals surface area contributed by atoms with Crippen molar-refractivity contribution in [3.05, 3.63) is 72.9 Å². The first kappa shape index (κ1) is 28.0. The molecule has 5 nitrogen and oxygen atoms in total. The number of allylic oxidation sites excluding steroid dienone is 12. The first-order chi connectivity index (χ1) is 15.5. The maximum atomic E-state index is 11.8. The second-order valence-electron chi connectivity index (χ2n) is 7.44. The molecule has 0 radical (unpaired) electrons. The largest absolute Gasteiger partial charge is 0.400 e. The Hall–Kier alpha value is -2.02. The molecule has 6 heteroatoms. The van der Waals surface area contributed by atoms with Gasteiger partial charge in [0.2, 0.25) is 0 Å². The van der Waals surface area contributed by atoms with Gasteiger partial charge in [0, 0.05) is 12.8 Å². The summed E-state index contributed by atoms with van der Waals surface area (Å²) in [4.78, 5) is 11.8. The normalized spacial score (nSPS) is 19.2. The SMILES string of the molecule is CC/C=C\C/C=C\C/C=C\C/C=C\C/C=C\C/C=C\CCC(=O)CCC1COS(=O)(=O)O1. The molecule has 0 amide bonds. The van der Waals surface area contributed by atoms with Crippen molar-refractivity contribution < 1.29 is 21.6 Å². The van der Waals surface area contributed by atoms with E-state index in [0.29, 0.717) is 25.7 Å². The van der Waals surface area contributed by atoms with Gasteiger partial charge in [-0.15, -0.1) is 0 Å². The van der Waals surface area contributed by atoms with Crippen LogP contribution in [-0.4, -0.2) is 26.9 Å². The van der Waals surface area contributed by atoms with Gasteiger partial charge in [-0.3, -0.25) is 4.79 Å². The molecule has 0 spiro atoms. The summed E-state index contributed by atoms with van der Waals surface area (Å²) in [7, 11) is -3.83. The molecule has 1 heterocycles. The van der Waals surface area contributed by atoms with Gasteiger partial charge in [0.25, 0.3) is 0 Å². The lowest BCUT2D eigenvalue weighted by Gasteiger charge is -2.03. The second-order valence-corrected chi connectivity index (χ2v) is 8.69. The van der Waals surface area contributed by atoms with Crippen molar-refractivity contribution in [1.29, 1.82) is 0 Å². The van der Waals surface area contributed by atoms with Crippen molar-refractivity contribution in [3.8, 4) is 0 Å². The molecule has 1 rings (SSSR count). The average molecular weight is 463 g/mol. The highest BCUT2D eigenvalue weighted by Crippen LogP contribution is 2.17. The van der Waals surface area contributed by atoms with Gasteiger partial charge in [0.1, 0.15) is 11.9 Å². The van der Waals surface area contributed by atoms with Crippen LogP contribution in [0.25, 0.3) is 0 Å². The number of hydrogen-bond acceptors (Lipinski definition) is 5. The summed E-state index contributed by atoms with van der Waals surface area (Å²) in [5.74, 6) is 0.109. The molecule has 178 valence electrons. The Labute approximate surface area is 194 Å². The van der Waals surface area contributed by atoms with Crippen LogP contribution in [0, 0.1) is 0 Å². The van der Waals surface area contributed by atoms with E-state index in [-0.39, 0.29) is 12.4 Å². The lowest BCUT2D eigenvalue weighted by atomic mass is 10.1. The molecule has 0 N–H and O–H groups in total. The molecular weight excluding hydrogens is 424 g/mol. The highest BCUT2D eigenvalue weighted by molar-refractivity contribution is 7.82. The summed E-state index contributed by atoms with van der Waals surface area (Å²) < 4.78 is 31.2. The fourth-order valence-corrected chi connectivity index (χ4v) is 3.70. The minimum absolute atomic E-state index is 0.00274. The van der Waals surface area contributed by atoms with Gasteiger partial charge in [-0.05, 0) is 51.4 Å². The Balaban J connectivity index is 1.96. The van der Waals surface area contributed by atoms with E-state index in [1.54, 1.807) is 0 Å². The molecule has 1 unspecified atom stereocenters. The van der Waals surface area contributed by atoms with Gasteiger partial charge >= 0.3 is 10.4 Å². The second kappa shape index (κ2) is 18.5. The van der Waals surface area contributed by atoms with E-state index in [9.17, 15) is 13.2 Å². The van der Waals surface area contributed by atoms with Crippen molar-refractivity contribution in [3.63, 3.8) is 0 Å². The first-order valence-corrected chi connectivity index (χ1v) is 12.9. The van der Waals surface area contributed by atoms with Crippen LogP contribution in [0.4, 0.5) is 0 Å². The lowest BCUT2D eigenvalue weighted by molar-refractivity contribution is -0.119. The quantitative estimate of drug-likeness (QED) is 0.232. The topological polar surface area (TPSA) is 69.7 Å². The highest BCUT2D eigenvalue weighted by Gasteiger charge is 2.29. The molecule has 0 saturated carbocycles. The van der Waals surface area contributed by atoms with Crippen LogP contribution in [-0.2, 0) is 23.6 Å². The molecule has 1 aliphatic heterocycles. The maximum Gasteiger partial charge on any atom is 0.400 e. The van der Waals surface area contributed by atoms with Crippen molar-refractivity contribution >= 4 is 16.2 Å². The van der Waals surface area contributed by atoms with E-state index in [2.05, 4.69) is 77.9 Å². The van der Waals surface area contributed by atoms with Crippen molar-refractivity contribution in [2.75, 3.05) is 6.61 Å². The van der Waals surface area contributed by atoms with Gasteiger partial charge in [-0.1, -0.05) is 79.8 Å². The van der Waals surface area contributed by atoms with Crippen molar-refractivity contribution in [2.24, 2.45) is 0 Å². The predicted octanol–water partition coefficient (Wildman–Crippen LogP) is 6.47. The first-order valence-electron chi connectivity index (χ1n) is 11.5. The molecule has 0 aliphatic carbocycles. The van der Waals surface area contributed by atoms with Crippen LogP contribution >= 0.6 is 0 Å². The van der Waals surface area contributed by atoms with Crippen LogP contribution in [0.5, 0.6) is 0 Å². The minimum Gasteiger partial charge on any atom is -0.300 e. The number of ketones is 1. The zero-order valence-electron chi connectivity index (χ0n) is 19.2. The van der Waals surface area contributed by atoms with Crippen LogP contribution < -0.4 is 0 Å². The van der Waals surface area contributed by atoms with Crippen LogP contribution in [0.1, 0.15) is 71.1 Å². The summed E-state index contributed by atoms with van der Waals surface area (Å²) in [6, 6.07) is 0. The predicted molar refractivity (Wildman–Crippen MR) is 131 cm³/mol. The van der Waals surface area contributed by atoms with E-state index in [1.807, 2.05) is 6.08 Å². The highest BCUT2D eigenvalue weighted by atomic mass is 32.3. The van der Waals surface area contributed by atoms with E-state index < -0.39 is 16.5 Å². The third kappa shape index (κ3) is 16.6. The molecule has 1 fully saturated rings. The van der Waals surface area contributed by atoms with E-state index >= 15 is 0 Å². The van der Waals surface area contributed by atoms with Crippen LogP contribution in [0.15, 0.2) is 72.9 Å². The smallest absolute Gasteiger partial charge is 0.300 e. The monoisotopic (exact) mass is 462 g/mol. The van der Waals surface area contributed by atoms with Crippen molar-refractivity contribution in [1.82, 2.24) is 0 Å². The molecule has 32 heavy (non-hydrogen) atoms. The molecule has 0 aromatic heterocycles. The number of Topliss-reactive ketones (excluding diaryl/α,β-unsaturated/α-hetero) is 1. The van der Waals surface area contributed by atoms with Crippen molar-refractivity contribution in [2.45, 2.75) is 77.2 Å². The van der Waals surface area contributed by atoms with Gasteiger partial charge in [0.15, 0.2) is 0 Å². The Bertz CT molecular complexity index is 785. The molecule has 0 bridgehead atoms. The number of rotatable bonds is 17. The molecule has 1 atom stereocenters. The van der Waals surface area contributed by atoms with Crippen LogP contribution in [0.2, 0.25) is 0 Å². The number of carbonyl (C=O) groups is 1. The van der Waals surface area contributed by atoms with Gasteiger partial charge in [0.05, 0.1) is 6.61 Å². The zero-order valence-corrected chi connectivity index (χ0v) is 20.0. The summed E-state index contributed by atoms with van der Waals surface area (Å²) in [5.41, 5.74) is 0. The van der Waals surface area contributed by atoms with Gasteiger partial charge in [-0.25, -0.2) is 8.37 Å². The van der Waals surface area contributed by atoms with E-state index in [0.717, 1.165) is 38.5 Å². The summed E-state index contributed by atoms with van der Waals surface area (Å²) in [5, 5.41) is 0. The summed E-state index contributed by atoms with van der Waals surface area (Å²) in [6.07, 6.45) is 33.0. The molecule has 0 aromatic carbocycles. The third-order valence-corrected chi connectivity index (χ3v) is 5.52. The Morgan fingerprint density at radius 2 is 1.22 bits per heavy atom. The fraction of sp³-hybridized carbons (Fsp3) is 0.500. The maximum absolute atomic E-state index is 11.8. The van der Waals surface area contributed by atoms with Gasteiger partial charge < -0.3 is 0 Å². The number of hydrogen-bond donors (Lipinski definition) is 0. The van der Waals surface area contributed by atoms with E-state index in [1.165, 1.54) is 0 Å². The van der Waals surface area contributed by atoms with Crippen LogP contribution in [0.3, 0.4) is 0 Å². The molecule has 0 aromatic rings. The average Bonchev–Trinajstić information content (AvgIpc) is 3.12. The minimum atomic E-state index is -3.83. The Morgan fingerprint density at radius 1 is 0.750 bits per heavy atom.